The van der Waals surface area contributed by atoms with E-state index in [0.29, 0.717) is 6.54 Å². The van der Waals surface area contributed by atoms with Crippen molar-refractivity contribution in [2.45, 2.75) is 33.2 Å². The lowest BCUT2D eigenvalue weighted by Crippen LogP contribution is -2.44. The van der Waals surface area contributed by atoms with Gasteiger partial charge >= 0.3 is 5.97 Å². The average molecular weight is 243 g/mol. The zero-order valence-electron chi connectivity index (χ0n) is 10.6. The van der Waals surface area contributed by atoms with Crippen molar-refractivity contribution in [2.24, 2.45) is 17.8 Å². The fraction of sp³-hybridized carbons (Fsp3) is 0.833. The molecule has 5 heteroatoms. The third-order valence-electron chi connectivity index (χ3n) is 3.88. The molecule has 0 spiro atoms. The third kappa shape index (κ3) is 2.77. The van der Waals surface area contributed by atoms with E-state index < -0.39 is 17.8 Å². The molecule has 0 aromatic rings. The number of amides is 1. The molecule has 0 bridgehead atoms. The zero-order chi connectivity index (χ0) is 13.2. The quantitative estimate of drug-likeness (QED) is 0.757. The second kappa shape index (κ2) is 5.49. The van der Waals surface area contributed by atoms with Crippen molar-refractivity contribution in [1.82, 2.24) is 4.90 Å². The van der Waals surface area contributed by atoms with Gasteiger partial charge in [0.05, 0.1) is 18.6 Å². The number of aliphatic hydroxyl groups is 1. The van der Waals surface area contributed by atoms with E-state index in [1.807, 2.05) is 6.92 Å². The lowest BCUT2D eigenvalue weighted by Gasteiger charge is -2.29. The Kier molecular flexibility index (Phi) is 4.51. The molecule has 0 saturated carbocycles. The van der Waals surface area contributed by atoms with Gasteiger partial charge in [0.1, 0.15) is 0 Å². The van der Waals surface area contributed by atoms with Crippen LogP contribution in [0.1, 0.15) is 27.2 Å². The number of nitrogens with zero attached hydrogens (tertiary/aromatic N) is 1. The first-order valence-corrected chi connectivity index (χ1v) is 6.04. The molecule has 1 rings (SSSR count). The molecule has 4 unspecified atom stereocenters. The summed E-state index contributed by atoms with van der Waals surface area (Å²) in [6.07, 6.45) is 0.866. The monoisotopic (exact) mass is 243 g/mol. The molecule has 1 aliphatic heterocycles. The first-order chi connectivity index (χ1) is 7.90. The number of hydrogen-bond acceptors (Lipinski definition) is 3. The summed E-state index contributed by atoms with van der Waals surface area (Å²) in [4.78, 5) is 24.6. The van der Waals surface area contributed by atoms with E-state index in [9.17, 15) is 14.7 Å². The molecule has 1 saturated heterocycles. The fourth-order valence-corrected chi connectivity index (χ4v) is 2.25. The Morgan fingerprint density at radius 1 is 1.35 bits per heavy atom. The molecular weight excluding hydrogens is 222 g/mol. The Morgan fingerprint density at radius 2 is 1.94 bits per heavy atom. The minimum absolute atomic E-state index is 0.0545. The minimum atomic E-state index is -0.960. The Labute approximate surface area is 101 Å². The number of carboxylic acid groups (broad SMARTS) is 1. The molecule has 0 radical (unpaired) electrons. The van der Waals surface area contributed by atoms with Gasteiger partial charge in [-0.05, 0) is 12.3 Å². The summed E-state index contributed by atoms with van der Waals surface area (Å²) in [5, 5.41) is 18.2. The molecule has 0 aliphatic carbocycles. The van der Waals surface area contributed by atoms with Crippen LogP contribution in [0.5, 0.6) is 0 Å². The van der Waals surface area contributed by atoms with Gasteiger partial charge in [0, 0.05) is 12.5 Å². The van der Waals surface area contributed by atoms with E-state index >= 15 is 0 Å². The third-order valence-corrected chi connectivity index (χ3v) is 3.88. The average Bonchev–Trinajstić information content (AvgIpc) is 2.67. The van der Waals surface area contributed by atoms with Gasteiger partial charge in [-0.25, -0.2) is 0 Å². The summed E-state index contributed by atoms with van der Waals surface area (Å²) in [7, 11) is 0. The summed E-state index contributed by atoms with van der Waals surface area (Å²) in [5.41, 5.74) is 0. The summed E-state index contributed by atoms with van der Waals surface area (Å²) >= 11 is 0. The number of rotatable bonds is 4. The fourth-order valence-electron chi connectivity index (χ4n) is 2.25. The number of hydrogen-bond donors (Lipinski definition) is 2. The van der Waals surface area contributed by atoms with Crippen LogP contribution in [-0.2, 0) is 9.59 Å². The molecule has 4 atom stereocenters. The van der Waals surface area contributed by atoms with Crippen LogP contribution in [0.25, 0.3) is 0 Å². The summed E-state index contributed by atoms with van der Waals surface area (Å²) in [5.74, 6) is -2.09. The summed E-state index contributed by atoms with van der Waals surface area (Å²) in [6, 6.07) is -0.161. The molecule has 2 N–H and O–H groups in total. The van der Waals surface area contributed by atoms with E-state index in [4.69, 9.17) is 5.11 Å². The van der Waals surface area contributed by atoms with Gasteiger partial charge in [-0.15, -0.1) is 0 Å². The Morgan fingerprint density at radius 3 is 2.41 bits per heavy atom. The van der Waals surface area contributed by atoms with Crippen molar-refractivity contribution in [3.63, 3.8) is 0 Å². The van der Waals surface area contributed by atoms with E-state index in [2.05, 4.69) is 0 Å². The van der Waals surface area contributed by atoms with Gasteiger partial charge in [-0.3, -0.25) is 9.59 Å². The van der Waals surface area contributed by atoms with Crippen molar-refractivity contribution >= 4 is 11.9 Å². The maximum Gasteiger partial charge on any atom is 0.307 e. The lowest BCUT2D eigenvalue weighted by molar-refractivity contribution is -0.149. The van der Waals surface area contributed by atoms with Gasteiger partial charge < -0.3 is 15.1 Å². The second-order valence-corrected chi connectivity index (χ2v) is 4.96. The zero-order valence-corrected chi connectivity index (χ0v) is 10.6. The first kappa shape index (κ1) is 14.0. The molecular formula is C12H21NO4. The predicted octanol–water partition coefficient (Wildman–Crippen LogP) is 0.572. The van der Waals surface area contributed by atoms with Crippen LogP contribution >= 0.6 is 0 Å². The molecule has 98 valence electrons. The SMILES string of the molecule is CC1CCN(C(=O)C(C)C(C)C(=O)O)C1CO. The van der Waals surface area contributed by atoms with Crippen molar-refractivity contribution in [2.75, 3.05) is 13.2 Å². The van der Waals surface area contributed by atoms with Crippen LogP contribution in [0.2, 0.25) is 0 Å². The van der Waals surface area contributed by atoms with E-state index in [0.717, 1.165) is 6.42 Å². The Hall–Kier alpha value is -1.10. The van der Waals surface area contributed by atoms with Crippen LogP contribution in [0.15, 0.2) is 0 Å². The largest absolute Gasteiger partial charge is 0.481 e. The lowest BCUT2D eigenvalue weighted by atomic mass is 9.94. The van der Waals surface area contributed by atoms with Crippen molar-refractivity contribution < 1.29 is 19.8 Å². The van der Waals surface area contributed by atoms with Crippen molar-refractivity contribution in [1.29, 1.82) is 0 Å². The van der Waals surface area contributed by atoms with Gasteiger partial charge in [0.2, 0.25) is 5.91 Å². The second-order valence-electron chi connectivity index (χ2n) is 4.96. The first-order valence-electron chi connectivity index (χ1n) is 6.04. The van der Waals surface area contributed by atoms with Crippen molar-refractivity contribution in [3.8, 4) is 0 Å². The maximum absolute atomic E-state index is 12.2. The summed E-state index contributed by atoms with van der Waals surface area (Å²) < 4.78 is 0. The number of carboxylic acids is 1. The van der Waals surface area contributed by atoms with Crippen LogP contribution in [0.4, 0.5) is 0 Å². The smallest absolute Gasteiger partial charge is 0.307 e. The summed E-state index contributed by atoms with van der Waals surface area (Å²) in [6.45, 7) is 5.74. The van der Waals surface area contributed by atoms with Gasteiger partial charge in [-0.1, -0.05) is 20.8 Å². The maximum atomic E-state index is 12.2. The number of carbonyl (C=O) groups is 2. The van der Waals surface area contributed by atoms with Crippen LogP contribution in [0.3, 0.4) is 0 Å². The topological polar surface area (TPSA) is 77.8 Å². The molecule has 17 heavy (non-hydrogen) atoms. The molecule has 0 aromatic carbocycles. The highest BCUT2D eigenvalue weighted by molar-refractivity contribution is 5.84. The standard InChI is InChI=1S/C12H21NO4/c1-7-4-5-13(10(7)6-14)11(15)8(2)9(3)12(16)17/h7-10,14H,4-6H2,1-3H3,(H,16,17). The van der Waals surface area contributed by atoms with Crippen molar-refractivity contribution in [3.05, 3.63) is 0 Å². The minimum Gasteiger partial charge on any atom is -0.481 e. The molecule has 0 aromatic heterocycles. The van der Waals surface area contributed by atoms with Crippen LogP contribution in [-0.4, -0.2) is 46.2 Å². The van der Waals surface area contributed by atoms with Gasteiger partial charge in [-0.2, -0.15) is 0 Å². The predicted molar refractivity (Wildman–Crippen MR) is 62.3 cm³/mol. The number of likely N-dealkylation sites (tertiary alicyclic amines) is 1. The molecule has 1 fully saturated rings. The normalized spacial score (nSPS) is 27.9. The molecule has 1 aliphatic rings. The highest BCUT2D eigenvalue weighted by Gasteiger charge is 2.38. The van der Waals surface area contributed by atoms with Crippen LogP contribution in [0, 0.1) is 17.8 Å². The number of aliphatic hydroxyl groups excluding tert-OH is 1. The van der Waals surface area contributed by atoms with E-state index in [1.54, 1.807) is 18.7 Å². The van der Waals surface area contributed by atoms with Gasteiger partial charge in [0.15, 0.2) is 0 Å². The van der Waals surface area contributed by atoms with Gasteiger partial charge in [0.25, 0.3) is 0 Å². The van der Waals surface area contributed by atoms with E-state index in [-0.39, 0.29) is 24.5 Å². The number of aliphatic carboxylic acids is 1. The Bertz CT molecular complexity index is 305. The van der Waals surface area contributed by atoms with E-state index in [1.165, 1.54) is 0 Å². The highest BCUT2D eigenvalue weighted by atomic mass is 16.4. The highest BCUT2D eigenvalue weighted by Crippen LogP contribution is 2.26. The molecule has 1 amide bonds. The molecule has 1 heterocycles. The molecule has 5 nitrogen and oxygen atoms in total. The van der Waals surface area contributed by atoms with Crippen LogP contribution < -0.4 is 0 Å². The number of carbonyl (C=O) groups excluding carboxylic acids is 1. The Balaban J connectivity index is 2.73.